The monoisotopic (exact) mass is 268 g/mol. The van der Waals surface area contributed by atoms with E-state index in [4.69, 9.17) is 0 Å². The number of rotatable bonds is 6. The normalized spacial score (nSPS) is 15.5. The highest BCUT2D eigenvalue weighted by Gasteiger charge is 2.34. The SMILES string of the molecule is CCNC(CN(CC(F)(F)F)C(C)C)C(C)(C)C. The zero-order valence-corrected chi connectivity index (χ0v) is 12.4. The third kappa shape index (κ3) is 7.21. The second-order valence-electron chi connectivity index (χ2n) is 6.11. The van der Waals surface area contributed by atoms with Crippen molar-refractivity contribution in [3.05, 3.63) is 0 Å². The standard InChI is InChI=1S/C13H27F3N2/c1-7-17-11(12(4,5)6)8-18(10(2)3)9-13(14,15)16/h10-11,17H,7-9H2,1-6H3. The summed E-state index contributed by atoms with van der Waals surface area (Å²) < 4.78 is 37.6. The summed E-state index contributed by atoms with van der Waals surface area (Å²) in [5.74, 6) is 0. The summed E-state index contributed by atoms with van der Waals surface area (Å²) in [7, 11) is 0. The molecule has 0 bridgehead atoms. The van der Waals surface area contributed by atoms with Crippen LogP contribution in [-0.4, -0.2) is 42.8 Å². The van der Waals surface area contributed by atoms with Gasteiger partial charge in [-0.1, -0.05) is 27.7 Å². The molecule has 2 nitrogen and oxygen atoms in total. The Morgan fingerprint density at radius 2 is 1.61 bits per heavy atom. The number of hydrogen-bond acceptors (Lipinski definition) is 2. The second kappa shape index (κ2) is 6.75. The summed E-state index contributed by atoms with van der Waals surface area (Å²) in [6.07, 6.45) is -4.14. The molecule has 110 valence electrons. The molecule has 0 aromatic rings. The van der Waals surface area contributed by atoms with Crippen molar-refractivity contribution in [1.82, 2.24) is 10.2 Å². The molecule has 0 aliphatic heterocycles. The van der Waals surface area contributed by atoms with E-state index in [1.165, 1.54) is 4.90 Å². The molecule has 18 heavy (non-hydrogen) atoms. The van der Waals surface area contributed by atoms with Crippen LogP contribution in [-0.2, 0) is 0 Å². The van der Waals surface area contributed by atoms with Gasteiger partial charge < -0.3 is 5.32 Å². The summed E-state index contributed by atoms with van der Waals surface area (Å²) in [6, 6.07) is -0.0672. The molecule has 0 saturated carbocycles. The Morgan fingerprint density at radius 1 is 1.11 bits per heavy atom. The first-order valence-electron chi connectivity index (χ1n) is 6.51. The fourth-order valence-corrected chi connectivity index (χ4v) is 1.81. The minimum atomic E-state index is -4.14. The first-order chi connectivity index (χ1) is 7.97. The van der Waals surface area contributed by atoms with E-state index < -0.39 is 12.7 Å². The van der Waals surface area contributed by atoms with Crippen LogP contribution in [0.2, 0.25) is 0 Å². The van der Waals surface area contributed by atoms with Crippen molar-refractivity contribution in [2.45, 2.75) is 59.8 Å². The largest absolute Gasteiger partial charge is 0.401 e. The topological polar surface area (TPSA) is 15.3 Å². The molecular formula is C13H27F3N2. The first-order valence-corrected chi connectivity index (χ1v) is 6.51. The van der Waals surface area contributed by atoms with Crippen LogP contribution >= 0.6 is 0 Å². The van der Waals surface area contributed by atoms with Crippen LogP contribution in [0.3, 0.4) is 0 Å². The maximum atomic E-state index is 12.5. The lowest BCUT2D eigenvalue weighted by atomic mass is 9.86. The van der Waals surface area contributed by atoms with E-state index >= 15 is 0 Å². The molecule has 0 aliphatic rings. The van der Waals surface area contributed by atoms with E-state index in [0.717, 1.165) is 6.54 Å². The van der Waals surface area contributed by atoms with E-state index in [1.54, 1.807) is 13.8 Å². The Hall–Kier alpha value is -0.290. The highest BCUT2D eigenvalue weighted by atomic mass is 19.4. The fraction of sp³-hybridized carbons (Fsp3) is 1.00. The highest BCUT2D eigenvalue weighted by molar-refractivity contribution is 4.84. The van der Waals surface area contributed by atoms with E-state index in [-0.39, 0.29) is 17.5 Å². The summed E-state index contributed by atoms with van der Waals surface area (Å²) in [6.45, 7) is 12.1. The number of halogens is 3. The van der Waals surface area contributed by atoms with Gasteiger partial charge in [-0.15, -0.1) is 0 Å². The van der Waals surface area contributed by atoms with Gasteiger partial charge in [0.15, 0.2) is 0 Å². The fourth-order valence-electron chi connectivity index (χ4n) is 1.81. The third-order valence-electron chi connectivity index (χ3n) is 3.03. The average molecular weight is 268 g/mol. The first kappa shape index (κ1) is 17.7. The molecule has 1 unspecified atom stereocenters. The number of hydrogen-bond donors (Lipinski definition) is 1. The van der Waals surface area contributed by atoms with Gasteiger partial charge in [0.1, 0.15) is 0 Å². The number of nitrogens with one attached hydrogen (secondary N) is 1. The Labute approximate surface area is 109 Å². The van der Waals surface area contributed by atoms with Gasteiger partial charge in [-0.25, -0.2) is 0 Å². The van der Waals surface area contributed by atoms with Gasteiger partial charge in [0.2, 0.25) is 0 Å². The predicted octanol–water partition coefficient (Wildman–Crippen LogP) is 3.28. The van der Waals surface area contributed by atoms with Crippen LogP contribution in [0.4, 0.5) is 13.2 Å². The molecule has 0 spiro atoms. The van der Waals surface area contributed by atoms with Gasteiger partial charge in [-0.05, 0) is 25.8 Å². The molecule has 0 aromatic heterocycles. The zero-order chi connectivity index (χ0) is 14.6. The van der Waals surface area contributed by atoms with Gasteiger partial charge in [0.25, 0.3) is 0 Å². The van der Waals surface area contributed by atoms with Crippen LogP contribution in [0.15, 0.2) is 0 Å². The van der Waals surface area contributed by atoms with Gasteiger partial charge in [-0.3, -0.25) is 4.90 Å². The van der Waals surface area contributed by atoms with Crippen LogP contribution in [0.25, 0.3) is 0 Å². The summed E-state index contributed by atoms with van der Waals surface area (Å²) in [5, 5.41) is 3.28. The van der Waals surface area contributed by atoms with Crippen molar-refractivity contribution in [2.75, 3.05) is 19.6 Å². The Morgan fingerprint density at radius 3 is 1.89 bits per heavy atom. The summed E-state index contributed by atoms with van der Waals surface area (Å²) in [5.41, 5.74) is -0.0608. The van der Waals surface area contributed by atoms with Crippen LogP contribution in [0.1, 0.15) is 41.5 Å². The van der Waals surface area contributed by atoms with Crippen molar-refractivity contribution in [3.63, 3.8) is 0 Å². The predicted molar refractivity (Wildman–Crippen MR) is 69.7 cm³/mol. The molecule has 1 N–H and O–H groups in total. The molecule has 0 fully saturated rings. The molecule has 0 saturated heterocycles. The Bertz CT molecular complexity index is 231. The number of alkyl halides is 3. The Kier molecular flexibility index (Phi) is 6.65. The molecule has 5 heteroatoms. The molecular weight excluding hydrogens is 241 g/mol. The molecule has 0 radical (unpaired) electrons. The Balaban J connectivity index is 4.72. The third-order valence-corrected chi connectivity index (χ3v) is 3.03. The van der Waals surface area contributed by atoms with E-state index in [1.807, 2.05) is 27.7 Å². The van der Waals surface area contributed by atoms with Crippen molar-refractivity contribution >= 4 is 0 Å². The summed E-state index contributed by atoms with van der Waals surface area (Å²) in [4.78, 5) is 1.48. The molecule has 0 aromatic carbocycles. The van der Waals surface area contributed by atoms with Crippen molar-refractivity contribution in [3.8, 4) is 0 Å². The molecule has 0 amide bonds. The van der Waals surface area contributed by atoms with Crippen molar-refractivity contribution < 1.29 is 13.2 Å². The molecule has 1 atom stereocenters. The van der Waals surface area contributed by atoms with Gasteiger partial charge in [-0.2, -0.15) is 13.2 Å². The molecule has 0 heterocycles. The molecule has 0 rings (SSSR count). The molecule has 0 aliphatic carbocycles. The quantitative estimate of drug-likeness (QED) is 0.795. The smallest absolute Gasteiger partial charge is 0.312 e. The highest BCUT2D eigenvalue weighted by Crippen LogP contribution is 2.23. The average Bonchev–Trinajstić information content (AvgIpc) is 2.11. The van der Waals surface area contributed by atoms with Crippen LogP contribution in [0, 0.1) is 5.41 Å². The maximum absolute atomic E-state index is 12.5. The van der Waals surface area contributed by atoms with Crippen molar-refractivity contribution in [2.24, 2.45) is 5.41 Å². The van der Waals surface area contributed by atoms with Gasteiger partial charge in [0, 0.05) is 18.6 Å². The van der Waals surface area contributed by atoms with Crippen molar-refractivity contribution in [1.29, 1.82) is 0 Å². The maximum Gasteiger partial charge on any atom is 0.401 e. The summed E-state index contributed by atoms with van der Waals surface area (Å²) >= 11 is 0. The number of nitrogens with zero attached hydrogens (tertiary/aromatic N) is 1. The minimum absolute atomic E-state index is 0.0484. The second-order valence-corrected chi connectivity index (χ2v) is 6.11. The lowest BCUT2D eigenvalue weighted by Gasteiger charge is -2.38. The van der Waals surface area contributed by atoms with E-state index in [0.29, 0.717) is 6.54 Å². The van der Waals surface area contributed by atoms with E-state index in [2.05, 4.69) is 5.32 Å². The van der Waals surface area contributed by atoms with Gasteiger partial charge in [0.05, 0.1) is 6.54 Å². The zero-order valence-electron chi connectivity index (χ0n) is 12.4. The lowest BCUT2D eigenvalue weighted by molar-refractivity contribution is -0.151. The minimum Gasteiger partial charge on any atom is -0.312 e. The van der Waals surface area contributed by atoms with Crippen LogP contribution < -0.4 is 5.32 Å². The lowest BCUT2D eigenvalue weighted by Crippen LogP contribution is -2.52. The van der Waals surface area contributed by atoms with Gasteiger partial charge >= 0.3 is 6.18 Å². The van der Waals surface area contributed by atoms with E-state index in [9.17, 15) is 13.2 Å². The van der Waals surface area contributed by atoms with Crippen LogP contribution in [0.5, 0.6) is 0 Å². The number of likely N-dealkylation sites (N-methyl/N-ethyl adjacent to an activating group) is 1.